The summed E-state index contributed by atoms with van der Waals surface area (Å²) in [6.07, 6.45) is 6.68. The number of nitrogens with zero attached hydrogens (tertiary/aromatic N) is 1. The van der Waals surface area contributed by atoms with Gasteiger partial charge in [-0.05, 0) is 85.2 Å². The van der Waals surface area contributed by atoms with Crippen LogP contribution >= 0.6 is 0 Å². The highest BCUT2D eigenvalue weighted by Crippen LogP contribution is 2.65. The number of benzene rings is 1. The first-order valence-electron chi connectivity index (χ1n) is 12.6. The summed E-state index contributed by atoms with van der Waals surface area (Å²) in [5.41, 5.74) is -0.117. The number of hydrogen-bond donors (Lipinski definition) is 1. The van der Waals surface area contributed by atoms with E-state index in [1.54, 1.807) is 0 Å². The molecule has 0 spiro atoms. The molecule has 1 saturated heterocycles. The quantitative estimate of drug-likeness (QED) is 0.665. The van der Waals surface area contributed by atoms with Crippen molar-refractivity contribution in [3.8, 4) is 0 Å². The highest BCUT2D eigenvalue weighted by atomic mass is 19.2. The van der Waals surface area contributed by atoms with Crippen LogP contribution in [0.25, 0.3) is 0 Å². The van der Waals surface area contributed by atoms with Gasteiger partial charge in [0.05, 0.1) is 5.56 Å². The number of piperidine rings is 1. The fourth-order valence-electron chi connectivity index (χ4n) is 8.61. The number of carbonyl (C=O) groups excluding carboxylic acids is 2. The Morgan fingerprint density at radius 1 is 1.09 bits per heavy atom. The molecule has 0 radical (unpaired) electrons. The van der Waals surface area contributed by atoms with Crippen molar-refractivity contribution in [2.75, 3.05) is 7.05 Å². The Hall–Kier alpha value is -1.98. The first-order chi connectivity index (χ1) is 15.6. The van der Waals surface area contributed by atoms with Gasteiger partial charge in [0.1, 0.15) is 0 Å². The van der Waals surface area contributed by atoms with Crippen LogP contribution in [-0.2, 0) is 4.79 Å². The summed E-state index contributed by atoms with van der Waals surface area (Å²) in [4.78, 5) is 27.3. The zero-order valence-electron chi connectivity index (χ0n) is 20.2. The molecule has 180 valence electrons. The molecule has 1 aliphatic heterocycles. The largest absolute Gasteiger partial charge is 0.349 e. The van der Waals surface area contributed by atoms with Gasteiger partial charge in [-0.2, -0.15) is 0 Å². The molecule has 5 rings (SSSR count). The molecule has 8 atom stereocenters. The van der Waals surface area contributed by atoms with Gasteiger partial charge in [-0.15, -0.1) is 0 Å². The Balaban J connectivity index is 1.39. The molecule has 6 heteroatoms. The lowest BCUT2D eigenvalue weighted by Gasteiger charge is -2.63. The Kier molecular flexibility index (Phi) is 5.37. The SMILES string of the molecule is CC1C[C@H]2N(C)C(=O)CC[C@]2(C)[C@H]2CC[C@]3(C)C(NC(=O)c4cccc(F)c4F)CC[C@H]3[C@H]12. The van der Waals surface area contributed by atoms with Gasteiger partial charge in [-0.25, -0.2) is 8.78 Å². The van der Waals surface area contributed by atoms with Crippen molar-refractivity contribution in [2.24, 2.45) is 34.5 Å². The third kappa shape index (κ3) is 3.26. The molecule has 1 aromatic rings. The van der Waals surface area contributed by atoms with Crippen LogP contribution in [0.3, 0.4) is 0 Å². The van der Waals surface area contributed by atoms with Crippen LogP contribution in [0.2, 0.25) is 0 Å². The number of likely N-dealkylation sites (tertiary alicyclic amines) is 1. The zero-order valence-corrected chi connectivity index (χ0v) is 20.2. The summed E-state index contributed by atoms with van der Waals surface area (Å²) in [6.45, 7) is 7.06. The van der Waals surface area contributed by atoms with Gasteiger partial charge in [0.25, 0.3) is 5.91 Å². The van der Waals surface area contributed by atoms with Gasteiger partial charge in [0.2, 0.25) is 5.91 Å². The van der Waals surface area contributed by atoms with Crippen molar-refractivity contribution in [1.82, 2.24) is 10.2 Å². The molecule has 1 heterocycles. The third-order valence-electron chi connectivity index (χ3n) is 10.4. The standard InChI is InChI=1S/C27H36F2N2O2/c1-15-14-21-27(3,13-11-22(32)31(21)4)18-10-12-26(2)17(23(15)18)8-9-20(26)30-25(33)16-6-5-7-19(28)24(16)29/h5-7,15,17-18,20-21,23H,8-14H2,1-4H3,(H,30,33)/t15?,17-,18-,20?,21+,23-,26-,27+/m0/s1. The number of amides is 2. The molecular weight excluding hydrogens is 422 g/mol. The molecule has 4 aliphatic rings. The van der Waals surface area contributed by atoms with Crippen LogP contribution in [0.5, 0.6) is 0 Å². The lowest BCUT2D eigenvalue weighted by atomic mass is 9.45. The van der Waals surface area contributed by atoms with E-state index < -0.39 is 17.5 Å². The minimum Gasteiger partial charge on any atom is -0.349 e. The summed E-state index contributed by atoms with van der Waals surface area (Å²) in [5.74, 6) is -0.151. The molecular formula is C27H36F2N2O2. The van der Waals surface area contributed by atoms with E-state index in [-0.39, 0.29) is 28.3 Å². The lowest BCUT2D eigenvalue weighted by Crippen LogP contribution is -2.63. The molecule has 1 N–H and O–H groups in total. The topological polar surface area (TPSA) is 49.4 Å². The Morgan fingerprint density at radius 2 is 1.82 bits per heavy atom. The molecule has 4 fully saturated rings. The van der Waals surface area contributed by atoms with E-state index in [0.29, 0.717) is 36.1 Å². The summed E-state index contributed by atoms with van der Waals surface area (Å²) < 4.78 is 27.9. The molecule has 3 aliphatic carbocycles. The minimum absolute atomic E-state index is 0.0352. The summed E-state index contributed by atoms with van der Waals surface area (Å²) in [6, 6.07) is 4.04. The van der Waals surface area contributed by atoms with Crippen molar-refractivity contribution >= 4 is 11.8 Å². The van der Waals surface area contributed by atoms with Gasteiger partial charge in [0, 0.05) is 25.6 Å². The molecule has 3 saturated carbocycles. The van der Waals surface area contributed by atoms with E-state index in [9.17, 15) is 18.4 Å². The van der Waals surface area contributed by atoms with Crippen LogP contribution in [0.15, 0.2) is 18.2 Å². The molecule has 4 nitrogen and oxygen atoms in total. The van der Waals surface area contributed by atoms with Crippen molar-refractivity contribution < 1.29 is 18.4 Å². The van der Waals surface area contributed by atoms with Crippen LogP contribution in [0.1, 0.15) is 76.1 Å². The highest BCUT2D eigenvalue weighted by molar-refractivity contribution is 5.94. The summed E-state index contributed by atoms with van der Waals surface area (Å²) in [5, 5.41) is 3.09. The van der Waals surface area contributed by atoms with E-state index in [0.717, 1.165) is 44.6 Å². The Bertz CT molecular complexity index is 983. The number of carbonyl (C=O) groups is 2. The second-order valence-corrected chi connectivity index (χ2v) is 11.8. The first kappa shape index (κ1) is 22.8. The van der Waals surface area contributed by atoms with Gasteiger partial charge in [0.15, 0.2) is 11.6 Å². The van der Waals surface area contributed by atoms with E-state index in [2.05, 4.69) is 26.1 Å². The number of hydrogen-bond acceptors (Lipinski definition) is 2. The second-order valence-electron chi connectivity index (χ2n) is 11.8. The fraction of sp³-hybridized carbons (Fsp3) is 0.704. The monoisotopic (exact) mass is 458 g/mol. The van der Waals surface area contributed by atoms with Crippen molar-refractivity contribution in [3.63, 3.8) is 0 Å². The van der Waals surface area contributed by atoms with Crippen molar-refractivity contribution in [2.45, 2.75) is 77.8 Å². The number of halogens is 2. The Morgan fingerprint density at radius 3 is 2.58 bits per heavy atom. The summed E-state index contributed by atoms with van der Waals surface area (Å²) in [7, 11) is 1.98. The predicted molar refractivity (Wildman–Crippen MR) is 122 cm³/mol. The molecule has 1 aromatic carbocycles. The fourth-order valence-corrected chi connectivity index (χ4v) is 8.61. The highest BCUT2D eigenvalue weighted by Gasteiger charge is 2.63. The predicted octanol–water partition coefficient (Wildman–Crippen LogP) is 5.17. The summed E-state index contributed by atoms with van der Waals surface area (Å²) >= 11 is 0. The van der Waals surface area contributed by atoms with E-state index >= 15 is 0 Å². The molecule has 0 bridgehead atoms. The van der Waals surface area contributed by atoms with Crippen LogP contribution in [-0.4, -0.2) is 35.8 Å². The third-order valence-corrected chi connectivity index (χ3v) is 10.4. The average Bonchev–Trinajstić information content (AvgIpc) is 3.10. The first-order valence-corrected chi connectivity index (χ1v) is 12.6. The van der Waals surface area contributed by atoms with E-state index in [1.807, 2.05) is 11.9 Å². The van der Waals surface area contributed by atoms with E-state index in [4.69, 9.17) is 0 Å². The van der Waals surface area contributed by atoms with Gasteiger partial charge in [-0.1, -0.05) is 26.8 Å². The smallest absolute Gasteiger partial charge is 0.254 e. The average molecular weight is 459 g/mol. The van der Waals surface area contributed by atoms with Crippen molar-refractivity contribution in [1.29, 1.82) is 0 Å². The van der Waals surface area contributed by atoms with Gasteiger partial charge >= 0.3 is 0 Å². The normalized spacial score (nSPS) is 42.4. The maximum absolute atomic E-state index is 14.2. The maximum atomic E-state index is 14.2. The van der Waals surface area contributed by atoms with Crippen LogP contribution in [0, 0.1) is 46.1 Å². The Labute approximate surface area is 195 Å². The van der Waals surface area contributed by atoms with E-state index in [1.165, 1.54) is 12.1 Å². The molecule has 0 aromatic heterocycles. The van der Waals surface area contributed by atoms with Crippen LogP contribution < -0.4 is 5.32 Å². The van der Waals surface area contributed by atoms with Crippen molar-refractivity contribution in [3.05, 3.63) is 35.4 Å². The van der Waals surface area contributed by atoms with Crippen LogP contribution in [0.4, 0.5) is 8.78 Å². The minimum atomic E-state index is -1.07. The zero-order chi connectivity index (χ0) is 23.7. The maximum Gasteiger partial charge on any atom is 0.254 e. The second kappa shape index (κ2) is 7.78. The molecule has 33 heavy (non-hydrogen) atoms. The van der Waals surface area contributed by atoms with Gasteiger partial charge in [-0.3, -0.25) is 9.59 Å². The molecule has 2 amide bonds. The number of nitrogens with one attached hydrogen (secondary N) is 1. The number of fused-ring (bicyclic) bond motifs is 5. The molecule has 2 unspecified atom stereocenters. The van der Waals surface area contributed by atoms with Gasteiger partial charge < -0.3 is 10.2 Å². The number of rotatable bonds is 2. The lowest BCUT2D eigenvalue weighted by molar-refractivity contribution is -0.165.